The van der Waals surface area contributed by atoms with Crippen molar-refractivity contribution in [3.63, 3.8) is 0 Å². The lowest BCUT2D eigenvalue weighted by atomic mass is 9.95. The van der Waals surface area contributed by atoms with Crippen molar-refractivity contribution < 1.29 is 9.47 Å². The van der Waals surface area contributed by atoms with Crippen LogP contribution in [0.25, 0.3) is 6.08 Å². The average Bonchev–Trinajstić information content (AvgIpc) is 2.35. The van der Waals surface area contributed by atoms with Crippen LogP contribution in [0.2, 0.25) is 0 Å². The Morgan fingerprint density at radius 1 is 1.39 bits per heavy atom. The summed E-state index contributed by atoms with van der Waals surface area (Å²) in [6.45, 7) is 6.04. The summed E-state index contributed by atoms with van der Waals surface area (Å²) in [5.41, 5.74) is 7.83. The monoisotopic (exact) mass is 311 g/mol. The fourth-order valence-corrected chi connectivity index (χ4v) is 2.68. The van der Waals surface area contributed by atoms with E-state index >= 15 is 0 Å². The van der Waals surface area contributed by atoms with Gasteiger partial charge < -0.3 is 15.2 Å². The number of halogens is 1. The lowest BCUT2D eigenvalue weighted by Gasteiger charge is -2.25. The van der Waals surface area contributed by atoms with Gasteiger partial charge in [-0.2, -0.15) is 0 Å². The zero-order valence-corrected chi connectivity index (χ0v) is 12.3. The van der Waals surface area contributed by atoms with Crippen LogP contribution in [0.15, 0.2) is 16.6 Å². The highest BCUT2D eigenvalue weighted by molar-refractivity contribution is 9.10. The second-order valence-corrected chi connectivity index (χ2v) is 5.36. The van der Waals surface area contributed by atoms with Gasteiger partial charge >= 0.3 is 0 Å². The zero-order valence-electron chi connectivity index (χ0n) is 10.7. The molecule has 0 radical (unpaired) electrons. The minimum atomic E-state index is 0.357. The summed E-state index contributed by atoms with van der Waals surface area (Å²) in [6, 6.07) is 1.97. The van der Waals surface area contributed by atoms with Gasteiger partial charge in [-0.3, -0.25) is 0 Å². The molecule has 0 bridgehead atoms. The summed E-state index contributed by atoms with van der Waals surface area (Å²) in [5, 5.41) is 0. The molecule has 4 heteroatoms. The fourth-order valence-electron chi connectivity index (χ4n) is 2.12. The Hall–Kier alpha value is -1.00. The van der Waals surface area contributed by atoms with E-state index in [1.54, 1.807) is 0 Å². The predicted molar refractivity (Wildman–Crippen MR) is 77.3 cm³/mol. The SMILES string of the molecule is CC(C)c1c(/C=C/CN)c(Br)cc2c1OCCO2. The molecule has 0 atom stereocenters. The van der Waals surface area contributed by atoms with Crippen LogP contribution in [-0.4, -0.2) is 19.8 Å². The minimum absolute atomic E-state index is 0.357. The second-order valence-electron chi connectivity index (χ2n) is 4.50. The standard InChI is InChI=1S/C14H18BrNO2/c1-9(2)13-10(4-3-5-16)11(15)8-12-14(13)18-7-6-17-12/h3-4,8-9H,5-7,16H2,1-2H3/b4-3+. The normalized spacial score (nSPS) is 14.5. The fraction of sp³-hybridized carbons (Fsp3) is 0.429. The average molecular weight is 312 g/mol. The van der Waals surface area contributed by atoms with Crippen molar-refractivity contribution >= 4 is 22.0 Å². The molecule has 98 valence electrons. The number of hydrogen-bond acceptors (Lipinski definition) is 3. The van der Waals surface area contributed by atoms with Gasteiger partial charge in [-0.05, 0) is 17.5 Å². The quantitative estimate of drug-likeness (QED) is 0.931. The van der Waals surface area contributed by atoms with E-state index in [-0.39, 0.29) is 0 Å². The van der Waals surface area contributed by atoms with Crippen LogP contribution in [0.1, 0.15) is 30.9 Å². The zero-order chi connectivity index (χ0) is 13.1. The molecule has 1 aromatic carbocycles. The van der Waals surface area contributed by atoms with Crippen LogP contribution in [0.4, 0.5) is 0 Å². The van der Waals surface area contributed by atoms with Gasteiger partial charge in [0.2, 0.25) is 0 Å². The van der Waals surface area contributed by atoms with E-state index in [0.717, 1.165) is 21.5 Å². The van der Waals surface area contributed by atoms with E-state index in [1.165, 1.54) is 5.56 Å². The molecule has 0 unspecified atom stereocenters. The maximum Gasteiger partial charge on any atom is 0.165 e. The van der Waals surface area contributed by atoms with Gasteiger partial charge in [0.05, 0.1) is 0 Å². The van der Waals surface area contributed by atoms with Gasteiger partial charge in [0, 0.05) is 16.6 Å². The molecule has 0 aromatic heterocycles. The van der Waals surface area contributed by atoms with E-state index in [0.29, 0.717) is 25.7 Å². The van der Waals surface area contributed by atoms with E-state index < -0.39 is 0 Å². The third kappa shape index (κ3) is 2.54. The first-order chi connectivity index (χ1) is 8.65. The summed E-state index contributed by atoms with van der Waals surface area (Å²) in [6.07, 6.45) is 3.99. The van der Waals surface area contributed by atoms with Crippen LogP contribution < -0.4 is 15.2 Å². The van der Waals surface area contributed by atoms with Gasteiger partial charge in [0.1, 0.15) is 13.2 Å². The highest BCUT2D eigenvalue weighted by Crippen LogP contribution is 2.44. The first-order valence-electron chi connectivity index (χ1n) is 6.13. The molecule has 2 rings (SSSR count). The molecular weight excluding hydrogens is 294 g/mol. The maximum absolute atomic E-state index is 5.78. The number of rotatable bonds is 3. The Labute approximate surface area is 116 Å². The molecule has 1 aliphatic heterocycles. The second kappa shape index (κ2) is 5.76. The Kier molecular flexibility index (Phi) is 4.30. The molecule has 0 amide bonds. The van der Waals surface area contributed by atoms with Crippen molar-refractivity contribution in [3.8, 4) is 11.5 Å². The molecule has 0 aliphatic carbocycles. The molecule has 18 heavy (non-hydrogen) atoms. The molecule has 3 nitrogen and oxygen atoms in total. The van der Waals surface area contributed by atoms with Gasteiger partial charge in [0.15, 0.2) is 11.5 Å². The van der Waals surface area contributed by atoms with Crippen LogP contribution in [-0.2, 0) is 0 Å². The smallest absolute Gasteiger partial charge is 0.165 e. The van der Waals surface area contributed by atoms with Crippen molar-refractivity contribution in [3.05, 3.63) is 27.7 Å². The topological polar surface area (TPSA) is 44.5 Å². The Bertz CT molecular complexity index is 469. The van der Waals surface area contributed by atoms with Gasteiger partial charge in [-0.25, -0.2) is 0 Å². The van der Waals surface area contributed by atoms with Crippen LogP contribution in [0.5, 0.6) is 11.5 Å². The molecule has 2 N–H and O–H groups in total. The number of benzene rings is 1. The van der Waals surface area contributed by atoms with Gasteiger partial charge in [-0.15, -0.1) is 0 Å². The summed E-state index contributed by atoms with van der Waals surface area (Å²) >= 11 is 3.60. The predicted octanol–water partition coefficient (Wildman–Crippen LogP) is 3.32. The van der Waals surface area contributed by atoms with Crippen LogP contribution in [0, 0.1) is 0 Å². The highest BCUT2D eigenvalue weighted by Gasteiger charge is 2.22. The third-order valence-corrected chi connectivity index (χ3v) is 3.52. The first kappa shape index (κ1) is 13.4. The van der Waals surface area contributed by atoms with Crippen molar-refractivity contribution in [2.75, 3.05) is 19.8 Å². The summed E-state index contributed by atoms with van der Waals surface area (Å²) in [5.74, 6) is 2.05. The minimum Gasteiger partial charge on any atom is -0.486 e. The largest absolute Gasteiger partial charge is 0.486 e. The Morgan fingerprint density at radius 2 is 2.11 bits per heavy atom. The highest BCUT2D eigenvalue weighted by atomic mass is 79.9. The van der Waals surface area contributed by atoms with Crippen LogP contribution >= 0.6 is 15.9 Å². The first-order valence-corrected chi connectivity index (χ1v) is 6.93. The van der Waals surface area contributed by atoms with E-state index in [2.05, 4.69) is 29.8 Å². The molecule has 0 fully saturated rings. The summed E-state index contributed by atoms with van der Waals surface area (Å²) in [7, 11) is 0. The molecule has 0 spiro atoms. The Balaban J connectivity index is 2.60. The molecule has 1 aliphatic rings. The number of nitrogens with two attached hydrogens (primary N) is 1. The van der Waals surface area contributed by atoms with E-state index in [1.807, 2.05) is 18.2 Å². The van der Waals surface area contributed by atoms with Crippen molar-refractivity contribution in [1.29, 1.82) is 0 Å². The molecular formula is C14H18BrNO2. The molecule has 0 saturated heterocycles. The van der Waals surface area contributed by atoms with Crippen molar-refractivity contribution in [2.45, 2.75) is 19.8 Å². The summed E-state index contributed by atoms with van der Waals surface area (Å²) < 4.78 is 12.4. The van der Waals surface area contributed by atoms with Crippen molar-refractivity contribution in [1.82, 2.24) is 0 Å². The van der Waals surface area contributed by atoms with Gasteiger partial charge in [-0.1, -0.05) is 41.9 Å². The third-order valence-electron chi connectivity index (χ3n) is 2.86. The number of hydrogen-bond donors (Lipinski definition) is 1. The number of fused-ring (bicyclic) bond motifs is 1. The van der Waals surface area contributed by atoms with E-state index in [9.17, 15) is 0 Å². The molecule has 1 aromatic rings. The summed E-state index contributed by atoms with van der Waals surface area (Å²) in [4.78, 5) is 0. The maximum atomic E-state index is 5.78. The lowest BCUT2D eigenvalue weighted by Crippen LogP contribution is -2.17. The van der Waals surface area contributed by atoms with Gasteiger partial charge in [0.25, 0.3) is 0 Å². The van der Waals surface area contributed by atoms with Crippen molar-refractivity contribution in [2.24, 2.45) is 5.73 Å². The van der Waals surface area contributed by atoms with E-state index in [4.69, 9.17) is 15.2 Å². The molecule has 0 saturated carbocycles. The Morgan fingerprint density at radius 3 is 2.78 bits per heavy atom. The lowest BCUT2D eigenvalue weighted by molar-refractivity contribution is 0.169. The molecule has 1 heterocycles. The van der Waals surface area contributed by atoms with Crippen LogP contribution in [0.3, 0.4) is 0 Å². The number of ether oxygens (including phenoxy) is 2.